The molecule has 5 nitrogen and oxygen atoms in total. The SMILES string of the molecule is OCCCn1cc(CNCCCC2CCCC2)nn1. The average molecular weight is 266 g/mol. The molecule has 19 heavy (non-hydrogen) atoms. The summed E-state index contributed by atoms with van der Waals surface area (Å²) in [6, 6.07) is 0. The first-order valence-corrected chi connectivity index (χ1v) is 7.59. The third kappa shape index (κ3) is 5.28. The molecular formula is C14H26N4O. The van der Waals surface area contributed by atoms with Crippen LogP contribution < -0.4 is 5.32 Å². The van der Waals surface area contributed by atoms with Gasteiger partial charge in [0.05, 0.1) is 5.69 Å². The zero-order valence-electron chi connectivity index (χ0n) is 11.7. The summed E-state index contributed by atoms with van der Waals surface area (Å²) in [4.78, 5) is 0. The molecule has 0 aliphatic heterocycles. The number of aliphatic hydroxyl groups excluding tert-OH is 1. The molecule has 1 fully saturated rings. The summed E-state index contributed by atoms with van der Waals surface area (Å²) in [6.07, 6.45) is 11.1. The van der Waals surface area contributed by atoms with Gasteiger partial charge in [-0.25, -0.2) is 0 Å². The number of rotatable bonds is 9. The molecule has 1 aliphatic rings. The fraction of sp³-hybridized carbons (Fsp3) is 0.857. The fourth-order valence-corrected chi connectivity index (χ4v) is 2.79. The van der Waals surface area contributed by atoms with Crippen LogP contribution >= 0.6 is 0 Å². The van der Waals surface area contributed by atoms with Gasteiger partial charge in [-0.2, -0.15) is 0 Å². The van der Waals surface area contributed by atoms with Gasteiger partial charge in [0, 0.05) is 25.9 Å². The number of aliphatic hydroxyl groups is 1. The first kappa shape index (κ1) is 14.5. The zero-order chi connectivity index (χ0) is 13.3. The highest BCUT2D eigenvalue weighted by atomic mass is 16.3. The van der Waals surface area contributed by atoms with Gasteiger partial charge in [-0.15, -0.1) is 5.10 Å². The van der Waals surface area contributed by atoms with Crippen molar-refractivity contribution in [3.63, 3.8) is 0 Å². The molecule has 1 aromatic rings. The number of nitrogens with one attached hydrogen (secondary N) is 1. The Hall–Kier alpha value is -0.940. The molecule has 5 heteroatoms. The van der Waals surface area contributed by atoms with Gasteiger partial charge in [0.2, 0.25) is 0 Å². The monoisotopic (exact) mass is 266 g/mol. The Morgan fingerprint density at radius 3 is 2.95 bits per heavy atom. The molecule has 1 aromatic heterocycles. The summed E-state index contributed by atoms with van der Waals surface area (Å²) in [5.74, 6) is 0.987. The molecule has 0 bridgehead atoms. The number of aryl methyl sites for hydroxylation is 1. The molecule has 2 rings (SSSR count). The topological polar surface area (TPSA) is 63.0 Å². The van der Waals surface area contributed by atoms with E-state index >= 15 is 0 Å². The Balaban J connectivity index is 1.53. The average Bonchev–Trinajstić information content (AvgIpc) is 3.07. The van der Waals surface area contributed by atoms with Crippen molar-refractivity contribution in [1.82, 2.24) is 20.3 Å². The quantitative estimate of drug-likeness (QED) is 0.668. The van der Waals surface area contributed by atoms with Gasteiger partial charge in [-0.05, 0) is 31.7 Å². The Morgan fingerprint density at radius 1 is 1.32 bits per heavy atom. The van der Waals surface area contributed by atoms with E-state index in [9.17, 15) is 0 Å². The lowest BCUT2D eigenvalue weighted by atomic mass is 10.0. The van der Waals surface area contributed by atoms with Crippen molar-refractivity contribution in [2.24, 2.45) is 5.92 Å². The van der Waals surface area contributed by atoms with Gasteiger partial charge in [0.15, 0.2) is 0 Å². The Bertz CT molecular complexity index is 347. The highest BCUT2D eigenvalue weighted by Crippen LogP contribution is 2.28. The van der Waals surface area contributed by atoms with E-state index in [1.807, 2.05) is 6.20 Å². The van der Waals surface area contributed by atoms with Crippen LogP contribution in [0.3, 0.4) is 0 Å². The van der Waals surface area contributed by atoms with Crippen molar-refractivity contribution in [2.45, 2.75) is 58.0 Å². The van der Waals surface area contributed by atoms with Crippen LogP contribution in [0.1, 0.15) is 50.6 Å². The molecule has 1 saturated carbocycles. The van der Waals surface area contributed by atoms with Crippen LogP contribution in [0.2, 0.25) is 0 Å². The van der Waals surface area contributed by atoms with E-state index in [4.69, 9.17) is 5.11 Å². The van der Waals surface area contributed by atoms with Crippen molar-refractivity contribution in [2.75, 3.05) is 13.2 Å². The normalized spacial score (nSPS) is 16.3. The second kappa shape index (κ2) is 8.27. The number of hydrogen-bond donors (Lipinski definition) is 2. The predicted molar refractivity (Wildman–Crippen MR) is 74.6 cm³/mol. The Morgan fingerprint density at radius 2 is 2.16 bits per heavy atom. The van der Waals surface area contributed by atoms with Crippen molar-refractivity contribution >= 4 is 0 Å². The van der Waals surface area contributed by atoms with Crippen LogP contribution in [0.15, 0.2) is 6.20 Å². The maximum absolute atomic E-state index is 8.75. The summed E-state index contributed by atoms with van der Waals surface area (Å²) < 4.78 is 1.80. The number of hydrogen-bond acceptors (Lipinski definition) is 4. The molecule has 0 amide bonds. The van der Waals surface area contributed by atoms with E-state index in [1.54, 1.807) is 4.68 Å². The zero-order valence-corrected chi connectivity index (χ0v) is 11.7. The lowest BCUT2D eigenvalue weighted by Crippen LogP contribution is -2.15. The largest absolute Gasteiger partial charge is 0.396 e. The van der Waals surface area contributed by atoms with Crippen molar-refractivity contribution in [1.29, 1.82) is 0 Å². The maximum Gasteiger partial charge on any atom is 0.0964 e. The predicted octanol–water partition coefficient (Wildman–Crippen LogP) is 1.72. The minimum atomic E-state index is 0.203. The lowest BCUT2D eigenvalue weighted by molar-refractivity contribution is 0.276. The highest BCUT2D eigenvalue weighted by Gasteiger charge is 2.13. The third-order valence-electron chi connectivity index (χ3n) is 3.88. The molecule has 0 spiro atoms. The second-order valence-corrected chi connectivity index (χ2v) is 5.52. The van der Waals surface area contributed by atoms with Gasteiger partial charge in [0.1, 0.15) is 0 Å². The Kier molecular flexibility index (Phi) is 6.30. The summed E-state index contributed by atoms with van der Waals surface area (Å²) in [7, 11) is 0. The van der Waals surface area contributed by atoms with Gasteiger partial charge >= 0.3 is 0 Å². The van der Waals surface area contributed by atoms with Gasteiger partial charge in [-0.1, -0.05) is 30.9 Å². The molecule has 1 aliphatic carbocycles. The van der Waals surface area contributed by atoms with Crippen LogP contribution in [0.25, 0.3) is 0 Å². The molecule has 108 valence electrons. The van der Waals surface area contributed by atoms with E-state index in [0.717, 1.165) is 37.7 Å². The summed E-state index contributed by atoms with van der Waals surface area (Å²) in [5.41, 5.74) is 0.985. The lowest BCUT2D eigenvalue weighted by Gasteiger charge is -2.08. The molecule has 0 saturated heterocycles. The van der Waals surface area contributed by atoms with Crippen LogP contribution in [0.4, 0.5) is 0 Å². The minimum absolute atomic E-state index is 0.203. The molecule has 1 heterocycles. The Labute approximate surface area is 115 Å². The molecule has 2 N–H and O–H groups in total. The minimum Gasteiger partial charge on any atom is -0.396 e. The summed E-state index contributed by atoms with van der Waals surface area (Å²) in [6.45, 7) is 2.81. The van der Waals surface area contributed by atoms with Crippen LogP contribution in [-0.4, -0.2) is 33.3 Å². The van der Waals surface area contributed by atoms with Crippen molar-refractivity contribution in [3.8, 4) is 0 Å². The van der Waals surface area contributed by atoms with E-state index in [1.165, 1.54) is 38.5 Å². The molecule has 0 unspecified atom stereocenters. The molecular weight excluding hydrogens is 240 g/mol. The summed E-state index contributed by atoms with van der Waals surface area (Å²) >= 11 is 0. The smallest absolute Gasteiger partial charge is 0.0964 e. The highest BCUT2D eigenvalue weighted by molar-refractivity contribution is 4.91. The standard InChI is InChI=1S/C14H26N4O/c19-10-4-9-18-12-14(16-17-18)11-15-8-3-7-13-5-1-2-6-13/h12-13,15,19H,1-11H2. The fourth-order valence-electron chi connectivity index (χ4n) is 2.79. The van der Waals surface area contributed by atoms with Gasteiger partial charge in [-0.3, -0.25) is 4.68 Å². The first-order valence-electron chi connectivity index (χ1n) is 7.59. The second-order valence-electron chi connectivity index (χ2n) is 5.52. The maximum atomic E-state index is 8.75. The van der Waals surface area contributed by atoms with Crippen LogP contribution in [0, 0.1) is 5.92 Å². The molecule has 0 aromatic carbocycles. The van der Waals surface area contributed by atoms with E-state index in [-0.39, 0.29) is 6.61 Å². The molecule has 0 radical (unpaired) electrons. The van der Waals surface area contributed by atoms with E-state index < -0.39 is 0 Å². The van der Waals surface area contributed by atoms with Crippen molar-refractivity contribution in [3.05, 3.63) is 11.9 Å². The van der Waals surface area contributed by atoms with Crippen molar-refractivity contribution < 1.29 is 5.11 Å². The number of nitrogens with zero attached hydrogens (tertiary/aromatic N) is 3. The van der Waals surface area contributed by atoms with E-state index in [0.29, 0.717) is 0 Å². The number of aromatic nitrogens is 3. The van der Waals surface area contributed by atoms with Gasteiger partial charge < -0.3 is 10.4 Å². The summed E-state index contributed by atoms with van der Waals surface area (Å²) in [5, 5.41) is 20.3. The third-order valence-corrected chi connectivity index (χ3v) is 3.88. The van der Waals surface area contributed by atoms with Crippen LogP contribution in [0.5, 0.6) is 0 Å². The first-order chi connectivity index (χ1) is 9.38. The van der Waals surface area contributed by atoms with Gasteiger partial charge in [0.25, 0.3) is 0 Å². The van der Waals surface area contributed by atoms with Crippen LogP contribution in [-0.2, 0) is 13.1 Å². The van der Waals surface area contributed by atoms with E-state index in [2.05, 4.69) is 15.6 Å². The molecule has 0 atom stereocenters.